The van der Waals surface area contributed by atoms with Crippen molar-refractivity contribution >= 4 is 28.1 Å². The fraction of sp³-hybridized carbons (Fsp3) is 0.158. The smallest absolute Gasteiger partial charge is 0.272 e. The lowest BCUT2D eigenvalue weighted by Gasteiger charge is -2.13. The molecule has 2 aromatic carbocycles. The molecule has 0 unspecified atom stereocenters. The van der Waals surface area contributed by atoms with E-state index in [-0.39, 0.29) is 17.2 Å². The lowest BCUT2D eigenvalue weighted by Crippen LogP contribution is -2.19. The van der Waals surface area contributed by atoms with Crippen LogP contribution in [0, 0.1) is 6.92 Å². The van der Waals surface area contributed by atoms with Crippen molar-refractivity contribution in [1.82, 2.24) is 4.98 Å². The number of carbonyl (C=O) groups is 1. The van der Waals surface area contributed by atoms with Crippen LogP contribution in [0.5, 0.6) is 0 Å². The molecule has 1 amide bonds. The fourth-order valence-corrected chi connectivity index (χ4v) is 2.63. The molecule has 1 heterocycles. The number of amides is 1. The fourth-order valence-electron chi connectivity index (χ4n) is 2.63. The molecule has 3 rings (SSSR count). The normalized spacial score (nSPS) is 10.6. The number of hydrogen-bond acceptors (Lipinski definition) is 3. The van der Waals surface area contributed by atoms with Crippen LogP contribution in [0.4, 0.5) is 11.4 Å². The van der Waals surface area contributed by atoms with E-state index in [0.717, 1.165) is 23.2 Å². The second kappa shape index (κ2) is 6.58. The third-order valence-corrected chi connectivity index (χ3v) is 3.79. The van der Waals surface area contributed by atoms with Gasteiger partial charge in [0.1, 0.15) is 5.69 Å². The van der Waals surface area contributed by atoms with Crippen LogP contribution >= 0.6 is 0 Å². The molecule has 0 fully saturated rings. The van der Waals surface area contributed by atoms with Gasteiger partial charge in [-0.3, -0.25) is 9.59 Å². The van der Waals surface area contributed by atoms with Crippen molar-refractivity contribution in [3.05, 3.63) is 70.1 Å². The number of aryl methyl sites for hydroxylation is 1. The Bertz CT molecular complexity index is 960. The molecule has 0 aliphatic carbocycles. The molecule has 5 nitrogen and oxygen atoms in total. The van der Waals surface area contributed by atoms with Crippen molar-refractivity contribution in [3.8, 4) is 0 Å². The van der Waals surface area contributed by atoms with Crippen molar-refractivity contribution < 1.29 is 4.79 Å². The van der Waals surface area contributed by atoms with Crippen LogP contribution in [0.2, 0.25) is 0 Å². The predicted octanol–water partition coefficient (Wildman–Crippen LogP) is 3.52. The van der Waals surface area contributed by atoms with E-state index in [1.807, 2.05) is 44.2 Å². The summed E-state index contributed by atoms with van der Waals surface area (Å²) in [5.41, 5.74) is 2.61. The van der Waals surface area contributed by atoms with Crippen LogP contribution in [0.1, 0.15) is 23.0 Å². The molecule has 5 heteroatoms. The zero-order valence-electron chi connectivity index (χ0n) is 13.6. The Morgan fingerprint density at radius 2 is 1.88 bits per heavy atom. The van der Waals surface area contributed by atoms with Gasteiger partial charge in [-0.25, -0.2) is 0 Å². The van der Waals surface area contributed by atoms with Crippen molar-refractivity contribution in [2.45, 2.75) is 13.8 Å². The van der Waals surface area contributed by atoms with E-state index in [9.17, 15) is 9.59 Å². The largest absolute Gasteiger partial charge is 0.384 e. The summed E-state index contributed by atoms with van der Waals surface area (Å²) in [6.07, 6.45) is 0. The molecule has 3 aromatic rings. The Kier molecular flexibility index (Phi) is 4.33. The molecule has 0 bridgehead atoms. The summed E-state index contributed by atoms with van der Waals surface area (Å²) in [4.78, 5) is 27.3. The quantitative estimate of drug-likeness (QED) is 0.688. The second-order valence-electron chi connectivity index (χ2n) is 5.63. The monoisotopic (exact) mass is 321 g/mol. The Morgan fingerprint density at radius 3 is 2.67 bits per heavy atom. The molecule has 0 radical (unpaired) electrons. The van der Waals surface area contributed by atoms with Gasteiger partial charge in [-0.15, -0.1) is 0 Å². The zero-order valence-corrected chi connectivity index (χ0v) is 13.6. The van der Waals surface area contributed by atoms with Crippen LogP contribution in [0.3, 0.4) is 0 Å². The Labute approximate surface area is 139 Å². The highest BCUT2D eigenvalue weighted by Gasteiger charge is 2.12. The number of fused-ring (bicyclic) bond motifs is 1. The number of anilines is 2. The van der Waals surface area contributed by atoms with Crippen molar-refractivity contribution in [1.29, 1.82) is 0 Å². The van der Waals surface area contributed by atoms with Gasteiger partial charge in [0.25, 0.3) is 11.5 Å². The number of rotatable bonds is 4. The molecule has 0 aliphatic heterocycles. The van der Waals surface area contributed by atoms with E-state index in [1.54, 1.807) is 18.2 Å². The molecule has 0 aliphatic rings. The number of aromatic amines is 1. The summed E-state index contributed by atoms with van der Waals surface area (Å²) < 4.78 is 0. The minimum atomic E-state index is -0.346. The van der Waals surface area contributed by atoms with Crippen LogP contribution < -0.4 is 16.2 Å². The third-order valence-electron chi connectivity index (χ3n) is 3.79. The molecule has 122 valence electrons. The van der Waals surface area contributed by atoms with E-state index >= 15 is 0 Å². The lowest BCUT2D eigenvalue weighted by atomic mass is 10.1. The lowest BCUT2D eigenvalue weighted by molar-refractivity contribution is 0.102. The summed E-state index contributed by atoms with van der Waals surface area (Å²) in [7, 11) is 0. The number of carbonyl (C=O) groups excluding carboxylic acids is 1. The maximum Gasteiger partial charge on any atom is 0.272 e. The minimum absolute atomic E-state index is 0.238. The highest BCUT2D eigenvalue weighted by molar-refractivity contribution is 6.06. The number of H-pyrrole nitrogens is 1. The molecule has 0 saturated heterocycles. The van der Waals surface area contributed by atoms with E-state index < -0.39 is 0 Å². The molecule has 24 heavy (non-hydrogen) atoms. The number of nitrogens with one attached hydrogen (secondary N) is 3. The first kappa shape index (κ1) is 15.8. The van der Waals surface area contributed by atoms with Crippen LogP contribution in [-0.4, -0.2) is 17.4 Å². The zero-order chi connectivity index (χ0) is 17.1. The van der Waals surface area contributed by atoms with Gasteiger partial charge >= 0.3 is 0 Å². The number of aromatic nitrogens is 1. The number of hydrogen-bond donors (Lipinski definition) is 3. The first-order chi connectivity index (χ1) is 11.6. The highest BCUT2D eigenvalue weighted by atomic mass is 16.2. The van der Waals surface area contributed by atoms with Gasteiger partial charge in [0, 0.05) is 11.9 Å². The van der Waals surface area contributed by atoms with Crippen molar-refractivity contribution in [2.24, 2.45) is 0 Å². The van der Waals surface area contributed by atoms with Crippen LogP contribution in [0.15, 0.2) is 53.3 Å². The Morgan fingerprint density at radius 1 is 1.08 bits per heavy atom. The van der Waals surface area contributed by atoms with Gasteiger partial charge in [0.15, 0.2) is 0 Å². The summed E-state index contributed by atoms with van der Waals surface area (Å²) in [6, 6.07) is 14.6. The van der Waals surface area contributed by atoms with Gasteiger partial charge in [0.2, 0.25) is 0 Å². The van der Waals surface area contributed by atoms with Gasteiger partial charge in [-0.1, -0.05) is 24.3 Å². The maximum atomic E-state index is 12.5. The second-order valence-corrected chi connectivity index (χ2v) is 5.63. The van der Waals surface area contributed by atoms with E-state index in [4.69, 9.17) is 0 Å². The van der Waals surface area contributed by atoms with Gasteiger partial charge in [-0.2, -0.15) is 0 Å². The molecule has 3 N–H and O–H groups in total. The van der Waals surface area contributed by atoms with E-state index in [1.165, 1.54) is 0 Å². The molecule has 1 aromatic heterocycles. The predicted molar refractivity (Wildman–Crippen MR) is 97.9 cm³/mol. The molecule has 0 spiro atoms. The summed E-state index contributed by atoms with van der Waals surface area (Å²) in [5, 5.41) is 7.39. The van der Waals surface area contributed by atoms with Crippen LogP contribution in [0.25, 0.3) is 10.8 Å². The first-order valence-corrected chi connectivity index (χ1v) is 7.86. The number of pyridine rings is 1. The summed E-state index contributed by atoms with van der Waals surface area (Å²) in [5.74, 6) is -0.346. The van der Waals surface area contributed by atoms with Gasteiger partial charge < -0.3 is 15.6 Å². The molecular weight excluding hydrogens is 302 g/mol. The number of benzene rings is 2. The van der Waals surface area contributed by atoms with Crippen LogP contribution in [-0.2, 0) is 0 Å². The minimum Gasteiger partial charge on any atom is -0.384 e. The summed E-state index contributed by atoms with van der Waals surface area (Å²) in [6.45, 7) is 4.74. The SMILES string of the molecule is CCNc1cc(C)ccc1NC(=O)c1cc2ccccc2c(=O)[nH]1. The average molecular weight is 321 g/mol. The van der Waals surface area contributed by atoms with Crippen molar-refractivity contribution in [2.75, 3.05) is 17.2 Å². The summed E-state index contributed by atoms with van der Waals surface area (Å²) >= 11 is 0. The molecule has 0 saturated carbocycles. The first-order valence-electron chi connectivity index (χ1n) is 7.86. The molecular formula is C19H19N3O2. The third kappa shape index (κ3) is 3.15. The van der Waals surface area contributed by atoms with E-state index in [2.05, 4.69) is 15.6 Å². The van der Waals surface area contributed by atoms with E-state index in [0.29, 0.717) is 11.1 Å². The Hall–Kier alpha value is -3.08. The Balaban J connectivity index is 1.95. The highest BCUT2D eigenvalue weighted by Crippen LogP contribution is 2.23. The van der Waals surface area contributed by atoms with Gasteiger partial charge in [-0.05, 0) is 49.1 Å². The standard InChI is InChI=1S/C19H19N3O2/c1-3-20-16-10-12(2)8-9-15(16)21-19(24)17-11-13-6-4-5-7-14(13)18(23)22-17/h4-11,20H,3H2,1-2H3,(H,21,24)(H,22,23). The average Bonchev–Trinajstić information content (AvgIpc) is 2.57. The molecule has 0 atom stereocenters. The van der Waals surface area contributed by atoms with Gasteiger partial charge in [0.05, 0.1) is 11.4 Å². The maximum absolute atomic E-state index is 12.5. The topological polar surface area (TPSA) is 74.0 Å². The van der Waals surface area contributed by atoms with Crippen molar-refractivity contribution in [3.63, 3.8) is 0 Å².